The van der Waals surface area contributed by atoms with Gasteiger partial charge in [-0.25, -0.2) is 4.98 Å². The van der Waals surface area contributed by atoms with Crippen LogP contribution in [0.25, 0.3) is 10.2 Å². The summed E-state index contributed by atoms with van der Waals surface area (Å²) in [5.74, 6) is 0.174. The topological polar surface area (TPSA) is 33.2 Å². The molecule has 1 aromatic carbocycles. The summed E-state index contributed by atoms with van der Waals surface area (Å²) in [5, 5.41) is 1.14. The van der Waals surface area contributed by atoms with E-state index >= 15 is 0 Å². The first kappa shape index (κ1) is 13.9. The van der Waals surface area contributed by atoms with Crippen LogP contribution in [0.3, 0.4) is 0 Å². The van der Waals surface area contributed by atoms with Crippen LogP contribution in [0.5, 0.6) is 0 Å². The third-order valence-corrected chi connectivity index (χ3v) is 5.80. The van der Waals surface area contributed by atoms with Crippen molar-refractivity contribution in [2.24, 2.45) is 0 Å². The molecule has 1 saturated carbocycles. The zero-order valence-corrected chi connectivity index (χ0v) is 13.7. The third kappa shape index (κ3) is 2.56. The van der Waals surface area contributed by atoms with Crippen molar-refractivity contribution in [3.63, 3.8) is 0 Å². The van der Waals surface area contributed by atoms with E-state index in [1.807, 2.05) is 23.1 Å². The number of amides is 1. The Kier molecular flexibility index (Phi) is 3.49. The van der Waals surface area contributed by atoms with Crippen LogP contribution in [0.4, 0.5) is 0 Å². The molecule has 2 aliphatic rings. The summed E-state index contributed by atoms with van der Waals surface area (Å²) in [5.41, 5.74) is 5.10. The van der Waals surface area contributed by atoms with Crippen LogP contribution in [0.15, 0.2) is 29.3 Å². The molecule has 0 unspecified atom stereocenters. The Labute approximate surface area is 134 Å². The minimum atomic E-state index is 0.174. The summed E-state index contributed by atoms with van der Waals surface area (Å²) in [4.78, 5) is 19.3. The number of hydrogen-bond donors (Lipinski definition) is 0. The lowest BCUT2D eigenvalue weighted by molar-refractivity contribution is 0.0743. The summed E-state index contributed by atoms with van der Waals surface area (Å²) in [6, 6.07) is 5.93. The molecule has 1 amide bonds. The molecule has 0 atom stereocenters. The second kappa shape index (κ2) is 5.51. The number of likely N-dealkylation sites (tertiary alicyclic amines) is 1. The molecule has 1 aromatic heterocycles. The summed E-state index contributed by atoms with van der Waals surface area (Å²) in [7, 11) is 0. The Morgan fingerprint density at radius 1 is 1.18 bits per heavy atom. The quantitative estimate of drug-likeness (QED) is 0.779. The predicted molar refractivity (Wildman–Crippen MR) is 90.4 cm³/mol. The van der Waals surface area contributed by atoms with Gasteiger partial charge in [-0.1, -0.05) is 18.1 Å². The van der Waals surface area contributed by atoms with Crippen LogP contribution in [-0.2, 0) is 6.42 Å². The Bertz CT molecular complexity index is 758. The lowest BCUT2D eigenvalue weighted by Crippen LogP contribution is -2.36. The normalized spacial score (nSPS) is 18.1. The molecule has 4 heteroatoms. The number of carbonyl (C=O) groups is 1. The number of nitrogens with zero attached hydrogens (tertiary/aromatic N) is 2. The number of fused-ring (bicyclic) bond motifs is 1. The molecule has 114 valence electrons. The molecule has 1 saturated heterocycles. The zero-order valence-electron chi connectivity index (χ0n) is 12.9. The molecule has 22 heavy (non-hydrogen) atoms. The Hall–Kier alpha value is -1.68. The predicted octanol–water partition coefficient (Wildman–Crippen LogP) is 4.19. The Balaban J connectivity index is 1.53. The molecular weight excluding hydrogens is 292 g/mol. The fourth-order valence-electron chi connectivity index (χ4n) is 3.19. The summed E-state index contributed by atoms with van der Waals surface area (Å²) < 4.78 is 1.13. The summed E-state index contributed by atoms with van der Waals surface area (Å²) >= 11 is 1.70. The van der Waals surface area contributed by atoms with Crippen molar-refractivity contribution in [1.82, 2.24) is 9.88 Å². The third-order valence-electron chi connectivity index (χ3n) is 4.64. The van der Waals surface area contributed by atoms with Crippen molar-refractivity contribution >= 4 is 27.5 Å². The first-order valence-corrected chi connectivity index (χ1v) is 8.95. The highest BCUT2D eigenvalue weighted by molar-refractivity contribution is 7.18. The van der Waals surface area contributed by atoms with Crippen LogP contribution in [0.2, 0.25) is 0 Å². The van der Waals surface area contributed by atoms with E-state index in [0.717, 1.165) is 53.1 Å². The van der Waals surface area contributed by atoms with Crippen molar-refractivity contribution in [3.05, 3.63) is 39.9 Å². The van der Waals surface area contributed by atoms with Gasteiger partial charge in [0, 0.05) is 18.7 Å². The van der Waals surface area contributed by atoms with E-state index in [2.05, 4.69) is 11.9 Å². The molecule has 0 radical (unpaired) electrons. The van der Waals surface area contributed by atoms with E-state index in [0.29, 0.717) is 0 Å². The lowest BCUT2D eigenvalue weighted by Gasteiger charge is -2.28. The van der Waals surface area contributed by atoms with Gasteiger partial charge in [-0.3, -0.25) is 4.79 Å². The average Bonchev–Trinajstić information content (AvgIpc) is 3.33. The van der Waals surface area contributed by atoms with Gasteiger partial charge in [0.25, 0.3) is 5.91 Å². The summed E-state index contributed by atoms with van der Waals surface area (Å²) in [6.45, 7) is 3.86. The molecule has 3 nitrogen and oxygen atoms in total. The maximum atomic E-state index is 12.7. The lowest BCUT2D eigenvalue weighted by atomic mass is 10.0. The number of allylic oxidation sites excluding steroid dienone is 1. The SMILES string of the molecule is CCc1nc2ccc(C(=O)N3CCC(=C4CC4)CC3)cc2s1. The molecule has 0 bridgehead atoms. The number of piperidine rings is 1. The first-order chi connectivity index (χ1) is 10.7. The second-order valence-electron chi connectivity index (χ2n) is 6.14. The van der Waals surface area contributed by atoms with E-state index in [4.69, 9.17) is 0 Å². The smallest absolute Gasteiger partial charge is 0.253 e. The van der Waals surface area contributed by atoms with E-state index in [-0.39, 0.29) is 5.91 Å². The zero-order chi connectivity index (χ0) is 15.1. The number of benzene rings is 1. The van der Waals surface area contributed by atoms with Crippen molar-refractivity contribution in [2.45, 2.75) is 39.0 Å². The number of rotatable bonds is 2. The van der Waals surface area contributed by atoms with Crippen molar-refractivity contribution in [1.29, 1.82) is 0 Å². The van der Waals surface area contributed by atoms with Gasteiger partial charge in [-0.2, -0.15) is 0 Å². The fourth-order valence-corrected chi connectivity index (χ4v) is 4.13. The maximum Gasteiger partial charge on any atom is 0.253 e. The summed E-state index contributed by atoms with van der Waals surface area (Å²) in [6.07, 6.45) is 5.69. The highest BCUT2D eigenvalue weighted by Crippen LogP contribution is 2.36. The van der Waals surface area contributed by atoms with Gasteiger partial charge in [-0.15, -0.1) is 11.3 Å². The van der Waals surface area contributed by atoms with Crippen LogP contribution >= 0.6 is 11.3 Å². The number of thiazole rings is 1. The fraction of sp³-hybridized carbons (Fsp3) is 0.444. The number of hydrogen-bond acceptors (Lipinski definition) is 3. The van der Waals surface area contributed by atoms with Crippen molar-refractivity contribution in [3.8, 4) is 0 Å². The van der Waals surface area contributed by atoms with Crippen LogP contribution in [0, 0.1) is 0 Å². The standard InChI is InChI=1S/C18H20N2OS/c1-2-17-19-15-6-5-14(11-16(15)22-17)18(21)20-9-7-13(8-10-20)12-3-4-12/h5-6,11H,2-4,7-10H2,1H3. The van der Waals surface area contributed by atoms with Gasteiger partial charge in [0.05, 0.1) is 15.2 Å². The van der Waals surface area contributed by atoms with Crippen molar-refractivity contribution in [2.75, 3.05) is 13.1 Å². The largest absolute Gasteiger partial charge is 0.338 e. The number of aryl methyl sites for hydroxylation is 1. The molecule has 2 fully saturated rings. The molecule has 1 aliphatic carbocycles. The average molecular weight is 312 g/mol. The van der Waals surface area contributed by atoms with E-state index in [1.165, 1.54) is 12.8 Å². The minimum absolute atomic E-state index is 0.174. The van der Waals surface area contributed by atoms with Gasteiger partial charge < -0.3 is 4.90 Å². The van der Waals surface area contributed by atoms with Gasteiger partial charge in [-0.05, 0) is 50.3 Å². The first-order valence-electron chi connectivity index (χ1n) is 8.13. The van der Waals surface area contributed by atoms with E-state index in [1.54, 1.807) is 22.5 Å². The minimum Gasteiger partial charge on any atom is -0.338 e. The van der Waals surface area contributed by atoms with Gasteiger partial charge in [0.15, 0.2) is 0 Å². The van der Waals surface area contributed by atoms with Gasteiger partial charge >= 0.3 is 0 Å². The highest BCUT2D eigenvalue weighted by Gasteiger charge is 2.25. The van der Waals surface area contributed by atoms with Crippen LogP contribution < -0.4 is 0 Å². The Morgan fingerprint density at radius 3 is 2.59 bits per heavy atom. The van der Waals surface area contributed by atoms with Crippen LogP contribution in [-0.4, -0.2) is 28.9 Å². The molecule has 2 heterocycles. The Morgan fingerprint density at radius 2 is 1.91 bits per heavy atom. The second-order valence-corrected chi connectivity index (χ2v) is 7.26. The van der Waals surface area contributed by atoms with E-state index in [9.17, 15) is 4.79 Å². The van der Waals surface area contributed by atoms with Gasteiger partial charge in [0.2, 0.25) is 0 Å². The molecule has 0 N–H and O–H groups in total. The van der Waals surface area contributed by atoms with Gasteiger partial charge in [0.1, 0.15) is 0 Å². The number of aromatic nitrogens is 1. The molecule has 1 aliphatic heterocycles. The molecule has 4 rings (SSSR count). The van der Waals surface area contributed by atoms with E-state index < -0.39 is 0 Å². The van der Waals surface area contributed by atoms with Crippen molar-refractivity contribution < 1.29 is 4.79 Å². The maximum absolute atomic E-state index is 12.7. The van der Waals surface area contributed by atoms with Crippen LogP contribution in [0.1, 0.15) is 48.0 Å². The number of carbonyl (C=O) groups excluding carboxylic acids is 1. The highest BCUT2D eigenvalue weighted by atomic mass is 32.1. The monoisotopic (exact) mass is 312 g/mol. The molecular formula is C18H20N2OS. The molecule has 2 aromatic rings. The molecule has 0 spiro atoms.